The number of rotatable bonds is 14. The van der Waals surface area contributed by atoms with E-state index in [4.69, 9.17) is 9.47 Å². The number of benzene rings is 4. The number of hydrogen-bond donors (Lipinski definition) is 2. The van der Waals surface area contributed by atoms with Gasteiger partial charge in [-0.05, 0) is 92.9 Å². The van der Waals surface area contributed by atoms with Gasteiger partial charge in [0.15, 0.2) is 11.5 Å². The number of hydrogen-bond acceptors (Lipinski definition) is 7. The Morgan fingerprint density at radius 2 is 1.57 bits per heavy atom. The molecule has 0 aromatic heterocycles. The van der Waals surface area contributed by atoms with Crippen LogP contribution in [0.5, 0.6) is 11.5 Å². The number of sulfonamides is 1. The van der Waals surface area contributed by atoms with E-state index in [1.807, 2.05) is 50.2 Å². The van der Waals surface area contributed by atoms with Gasteiger partial charge in [-0.2, -0.15) is 0 Å². The van der Waals surface area contributed by atoms with Gasteiger partial charge in [-0.15, -0.1) is 0 Å². The Morgan fingerprint density at radius 1 is 0.863 bits per heavy atom. The van der Waals surface area contributed by atoms with Crippen molar-refractivity contribution in [2.75, 3.05) is 20.4 Å². The first-order valence-electron chi connectivity index (χ1n) is 17.4. The van der Waals surface area contributed by atoms with Gasteiger partial charge in [0.1, 0.15) is 6.04 Å². The van der Waals surface area contributed by atoms with Gasteiger partial charge in [-0.3, -0.25) is 14.5 Å². The number of carbonyl (C=O) groups excluding carboxylic acids is 2. The lowest BCUT2D eigenvalue weighted by Gasteiger charge is -2.35. The van der Waals surface area contributed by atoms with Crippen LogP contribution in [-0.2, 0) is 32.6 Å². The van der Waals surface area contributed by atoms with Crippen LogP contribution in [0.15, 0.2) is 89.8 Å². The van der Waals surface area contributed by atoms with E-state index < -0.39 is 28.0 Å². The molecule has 0 fully saturated rings. The van der Waals surface area contributed by atoms with E-state index in [0.717, 1.165) is 35.0 Å². The second-order valence-corrected chi connectivity index (χ2v) is 16.1. The smallest absolute Gasteiger partial charge is 0.245 e. The largest absolute Gasteiger partial charge is 0.454 e. The minimum atomic E-state index is -4.09. The summed E-state index contributed by atoms with van der Waals surface area (Å²) in [6.45, 7) is 14.2. The van der Waals surface area contributed by atoms with Crippen molar-refractivity contribution in [3.05, 3.63) is 102 Å². The molecule has 10 nitrogen and oxygen atoms in total. The van der Waals surface area contributed by atoms with Gasteiger partial charge in [0.05, 0.1) is 10.9 Å². The van der Waals surface area contributed by atoms with E-state index in [-0.39, 0.29) is 42.0 Å². The van der Waals surface area contributed by atoms with Crippen molar-refractivity contribution in [2.45, 2.75) is 89.5 Å². The predicted molar refractivity (Wildman–Crippen MR) is 200 cm³/mol. The lowest BCUT2D eigenvalue weighted by Crippen LogP contribution is -2.50. The second kappa shape index (κ2) is 15.8. The highest BCUT2D eigenvalue weighted by molar-refractivity contribution is 7.89. The fraction of sp³-hybridized carbons (Fsp3) is 0.400. The summed E-state index contributed by atoms with van der Waals surface area (Å²) in [5.74, 6) is 0.288. The number of likely N-dealkylation sites (N-methyl/N-ethyl adjacent to an activating group) is 1. The van der Waals surface area contributed by atoms with Crippen LogP contribution in [0.25, 0.3) is 10.8 Å². The van der Waals surface area contributed by atoms with Crippen LogP contribution in [0.4, 0.5) is 0 Å². The lowest BCUT2D eigenvalue weighted by molar-refractivity contribution is -0.136. The molecule has 5 rings (SSSR count). The van der Waals surface area contributed by atoms with E-state index in [1.165, 1.54) is 0 Å². The van der Waals surface area contributed by atoms with Gasteiger partial charge in [0.2, 0.25) is 28.6 Å². The summed E-state index contributed by atoms with van der Waals surface area (Å²) in [6, 6.07) is 23.7. The normalized spacial score (nSPS) is 14.1. The topological polar surface area (TPSA) is 117 Å². The summed E-state index contributed by atoms with van der Waals surface area (Å²) in [6.07, 6.45) is 0.00728. The summed E-state index contributed by atoms with van der Waals surface area (Å²) in [5, 5.41) is 4.65. The number of amides is 2. The average molecular weight is 715 g/mol. The van der Waals surface area contributed by atoms with Crippen LogP contribution in [-0.4, -0.2) is 68.0 Å². The Kier molecular flexibility index (Phi) is 11.7. The van der Waals surface area contributed by atoms with Gasteiger partial charge < -0.3 is 19.7 Å². The van der Waals surface area contributed by atoms with Crippen LogP contribution in [0.2, 0.25) is 0 Å². The molecule has 2 amide bonds. The van der Waals surface area contributed by atoms with Gasteiger partial charge in [0, 0.05) is 38.0 Å². The first kappa shape index (κ1) is 37.8. The van der Waals surface area contributed by atoms with Crippen LogP contribution in [0.1, 0.15) is 70.7 Å². The zero-order chi connectivity index (χ0) is 36.9. The zero-order valence-electron chi connectivity index (χ0n) is 30.6. The number of carbonyl (C=O) groups is 2. The van der Waals surface area contributed by atoms with Crippen LogP contribution < -0.4 is 19.5 Å². The van der Waals surface area contributed by atoms with Crippen molar-refractivity contribution >= 4 is 32.6 Å². The van der Waals surface area contributed by atoms with Crippen molar-refractivity contribution in [3.8, 4) is 11.5 Å². The minimum Gasteiger partial charge on any atom is -0.454 e. The van der Waals surface area contributed by atoms with E-state index in [0.29, 0.717) is 17.1 Å². The average Bonchev–Trinajstić information content (AvgIpc) is 3.57. The SMILES string of the molecule is CCN(Cc1cccc(C[C@@H](NC(=O)C[C@@H](NS(=O)(=O)c2ccc3ccccc3c2)c2ccc3c(c2)OCO3)C(=O)N(C)C(C)C)c1)C(C)(C)C. The zero-order valence-corrected chi connectivity index (χ0v) is 31.4. The fourth-order valence-corrected chi connectivity index (χ4v) is 7.48. The summed E-state index contributed by atoms with van der Waals surface area (Å²) < 4.78 is 41.5. The van der Waals surface area contributed by atoms with Crippen molar-refractivity contribution in [2.24, 2.45) is 0 Å². The fourth-order valence-electron chi connectivity index (χ4n) is 6.22. The van der Waals surface area contributed by atoms with E-state index in [9.17, 15) is 18.0 Å². The van der Waals surface area contributed by atoms with E-state index >= 15 is 0 Å². The first-order chi connectivity index (χ1) is 24.1. The van der Waals surface area contributed by atoms with E-state index in [1.54, 1.807) is 48.3 Å². The predicted octanol–water partition coefficient (Wildman–Crippen LogP) is 6.19. The maximum Gasteiger partial charge on any atom is 0.245 e. The van der Waals surface area contributed by atoms with Crippen molar-refractivity contribution in [3.63, 3.8) is 0 Å². The van der Waals surface area contributed by atoms with Gasteiger partial charge >= 0.3 is 0 Å². The number of nitrogens with one attached hydrogen (secondary N) is 2. The molecule has 0 unspecified atom stereocenters. The van der Waals surface area contributed by atoms with Crippen LogP contribution in [0.3, 0.4) is 0 Å². The molecule has 1 aliphatic heterocycles. The molecule has 11 heteroatoms. The van der Waals surface area contributed by atoms with Crippen LogP contribution in [0, 0.1) is 0 Å². The highest BCUT2D eigenvalue weighted by Gasteiger charge is 2.30. The molecule has 272 valence electrons. The molecule has 51 heavy (non-hydrogen) atoms. The molecule has 2 N–H and O–H groups in total. The maximum absolute atomic E-state index is 13.9. The third kappa shape index (κ3) is 9.46. The highest BCUT2D eigenvalue weighted by atomic mass is 32.2. The molecule has 4 aromatic carbocycles. The number of fused-ring (bicyclic) bond motifs is 2. The molecular weight excluding hydrogens is 665 g/mol. The van der Waals surface area contributed by atoms with Crippen molar-refractivity contribution < 1.29 is 27.5 Å². The van der Waals surface area contributed by atoms with Crippen molar-refractivity contribution in [1.29, 1.82) is 0 Å². The molecule has 1 aliphatic rings. The molecule has 0 aliphatic carbocycles. The van der Waals surface area contributed by atoms with Crippen molar-refractivity contribution in [1.82, 2.24) is 19.8 Å². The number of nitrogens with zero attached hydrogens (tertiary/aromatic N) is 2. The number of ether oxygens (including phenoxy) is 2. The Labute approximate surface area is 302 Å². The standard InChI is InChI=1S/C40H50N4O6S/c1-8-44(40(4,5)6)25-29-13-11-12-28(20-29)21-35(39(46)43(7)27(2)3)41-38(45)24-34(32-17-19-36-37(23-32)50-26-49-36)42-51(47,48)33-18-16-30-14-9-10-15-31(30)22-33/h9-20,22-23,27,34-35,42H,8,21,24-26H2,1-7H3,(H,41,45)/t34-,35-/m1/s1. The van der Waals surface area contributed by atoms with Crippen LogP contribution >= 0.6 is 0 Å². The lowest BCUT2D eigenvalue weighted by atomic mass is 9.99. The highest BCUT2D eigenvalue weighted by Crippen LogP contribution is 2.35. The molecule has 2 atom stereocenters. The third-order valence-corrected chi connectivity index (χ3v) is 10.9. The van der Waals surface area contributed by atoms with Gasteiger partial charge in [0.25, 0.3) is 0 Å². The molecule has 0 bridgehead atoms. The van der Waals surface area contributed by atoms with Gasteiger partial charge in [-0.25, -0.2) is 13.1 Å². The molecule has 0 saturated carbocycles. The quantitative estimate of drug-likeness (QED) is 0.160. The molecule has 0 saturated heterocycles. The Bertz CT molecular complexity index is 1970. The Hall–Kier alpha value is -4.45. The minimum absolute atomic E-state index is 0.0124. The first-order valence-corrected chi connectivity index (χ1v) is 18.9. The Morgan fingerprint density at radius 3 is 2.27 bits per heavy atom. The molecule has 1 heterocycles. The van der Waals surface area contributed by atoms with E-state index in [2.05, 4.69) is 54.8 Å². The molecule has 0 spiro atoms. The summed E-state index contributed by atoms with van der Waals surface area (Å²) in [7, 11) is -2.37. The summed E-state index contributed by atoms with van der Waals surface area (Å²) >= 11 is 0. The maximum atomic E-state index is 13.9. The summed E-state index contributed by atoms with van der Waals surface area (Å²) in [5.41, 5.74) is 2.54. The molecular formula is C40H50N4O6S. The molecule has 0 radical (unpaired) electrons. The summed E-state index contributed by atoms with van der Waals surface area (Å²) in [4.78, 5) is 31.8. The molecule has 4 aromatic rings. The Balaban J connectivity index is 1.41. The van der Waals surface area contributed by atoms with Gasteiger partial charge in [-0.1, -0.05) is 67.6 Å². The monoisotopic (exact) mass is 714 g/mol. The second-order valence-electron chi connectivity index (χ2n) is 14.4. The third-order valence-electron chi connectivity index (χ3n) is 9.41.